The summed E-state index contributed by atoms with van der Waals surface area (Å²) in [6.07, 6.45) is 2.82. The normalized spacial score (nSPS) is 10.4. The minimum atomic E-state index is -0.887. The van der Waals surface area contributed by atoms with Gasteiger partial charge in [-0.05, 0) is 30.2 Å². The SMILES string of the molecule is C=CCNC(=O)C(=O)N/N=C\c1cc(Cl)c(OCc2ccccc2)c(OCC)c1. The molecule has 2 rings (SSSR count). The van der Waals surface area contributed by atoms with Crippen LogP contribution in [0.15, 0.2) is 60.2 Å². The van der Waals surface area contributed by atoms with Crippen LogP contribution in [0.4, 0.5) is 0 Å². The molecule has 29 heavy (non-hydrogen) atoms. The van der Waals surface area contributed by atoms with Crippen LogP contribution in [0.25, 0.3) is 0 Å². The van der Waals surface area contributed by atoms with Crippen molar-refractivity contribution < 1.29 is 19.1 Å². The summed E-state index contributed by atoms with van der Waals surface area (Å²) in [5.74, 6) is -0.823. The van der Waals surface area contributed by atoms with Crippen LogP contribution in [0.5, 0.6) is 11.5 Å². The minimum Gasteiger partial charge on any atom is -0.490 e. The quantitative estimate of drug-likeness (QED) is 0.285. The molecule has 152 valence electrons. The second kappa shape index (κ2) is 11.5. The van der Waals surface area contributed by atoms with Crippen molar-refractivity contribution in [1.29, 1.82) is 0 Å². The van der Waals surface area contributed by atoms with E-state index in [1.807, 2.05) is 37.3 Å². The highest BCUT2D eigenvalue weighted by atomic mass is 35.5. The van der Waals surface area contributed by atoms with Gasteiger partial charge in [-0.3, -0.25) is 9.59 Å². The van der Waals surface area contributed by atoms with Gasteiger partial charge in [-0.2, -0.15) is 5.10 Å². The number of amides is 2. The standard InChI is InChI=1S/C21H22ClN3O4/c1-3-10-23-20(26)21(27)25-24-13-16-11-17(22)19(18(12-16)28-4-2)29-14-15-8-6-5-7-9-15/h3,5-9,11-13H,1,4,10,14H2,2H3,(H,23,26)(H,25,27)/b24-13-. The van der Waals surface area contributed by atoms with E-state index in [9.17, 15) is 9.59 Å². The predicted octanol–water partition coefficient (Wildman–Crippen LogP) is 3.07. The van der Waals surface area contributed by atoms with E-state index in [0.29, 0.717) is 35.3 Å². The van der Waals surface area contributed by atoms with Gasteiger partial charge in [-0.15, -0.1) is 6.58 Å². The van der Waals surface area contributed by atoms with E-state index in [4.69, 9.17) is 21.1 Å². The van der Waals surface area contributed by atoms with Crippen LogP contribution in [0, 0.1) is 0 Å². The molecule has 0 atom stereocenters. The third-order valence-corrected chi connectivity index (χ3v) is 3.83. The lowest BCUT2D eigenvalue weighted by atomic mass is 10.2. The van der Waals surface area contributed by atoms with Crippen molar-refractivity contribution in [2.24, 2.45) is 5.10 Å². The van der Waals surface area contributed by atoms with Crippen LogP contribution in [-0.2, 0) is 16.2 Å². The molecule has 0 aliphatic heterocycles. The molecule has 2 amide bonds. The van der Waals surface area contributed by atoms with Gasteiger partial charge >= 0.3 is 11.8 Å². The van der Waals surface area contributed by atoms with Gasteiger partial charge in [0.15, 0.2) is 11.5 Å². The zero-order valence-corrected chi connectivity index (χ0v) is 16.7. The highest BCUT2D eigenvalue weighted by molar-refractivity contribution is 6.35. The molecule has 2 N–H and O–H groups in total. The van der Waals surface area contributed by atoms with Crippen LogP contribution >= 0.6 is 11.6 Å². The molecule has 7 nitrogen and oxygen atoms in total. The fourth-order valence-corrected chi connectivity index (χ4v) is 2.53. The maximum atomic E-state index is 11.6. The molecule has 0 unspecified atom stereocenters. The highest BCUT2D eigenvalue weighted by Crippen LogP contribution is 2.36. The molecule has 2 aromatic carbocycles. The van der Waals surface area contributed by atoms with Gasteiger partial charge in [0.05, 0.1) is 17.8 Å². The van der Waals surface area contributed by atoms with Crippen molar-refractivity contribution in [1.82, 2.24) is 10.7 Å². The second-order valence-corrected chi connectivity index (χ2v) is 6.14. The smallest absolute Gasteiger partial charge is 0.329 e. The van der Waals surface area contributed by atoms with Gasteiger partial charge in [-0.25, -0.2) is 5.43 Å². The zero-order valence-electron chi connectivity index (χ0n) is 16.0. The number of nitrogens with one attached hydrogen (secondary N) is 2. The van der Waals surface area contributed by atoms with Gasteiger partial charge in [-0.1, -0.05) is 48.0 Å². The Balaban J connectivity index is 2.08. The molecule has 0 fully saturated rings. The van der Waals surface area contributed by atoms with Gasteiger partial charge in [0.1, 0.15) is 6.61 Å². The van der Waals surface area contributed by atoms with Gasteiger partial charge < -0.3 is 14.8 Å². The molecular weight excluding hydrogens is 394 g/mol. The summed E-state index contributed by atoms with van der Waals surface area (Å²) in [6, 6.07) is 13.0. The number of ether oxygens (including phenoxy) is 2. The minimum absolute atomic E-state index is 0.188. The zero-order chi connectivity index (χ0) is 21.1. The van der Waals surface area contributed by atoms with Crippen molar-refractivity contribution in [3.8, 4) is 11.5 Å². The summed E-state index contributed by atoms with van der Waals surface area (Å²) in [4.78, 5) is 23.1. The molecular formula is C21H22ClN3O4. The number of hydrogen-bond acceptors (Lipinski definition) is 5. The molecule has 0 aliphatic carbocycles. The third kappa shape index (κ3) is 6.97. The number of benzene rings is 2. The summed E-state index contributed by atoms with van der Waals surface area (Å²) in [7, 11) is 0. The first kappa shape index (κ1) is 22.0. The van der Waals surface area contributed by atoms with Crippen molar-refractivity contribution in [2.75, 3.05) is 13.2 Å². The van der Waals surface area contributed by atoms with Crippen LogP contribution in [0.3, 0.4) is 0 Å². The molecule has 0 radical (unpaired) electrons. The van der Waals surface area contributed by atoms with Crippen molar-refractivity contribution in [3.05, 3.63) is 71.3 Å². The van der Waals surface area contributed by atoms with Crippen LogP contribution in [-0.4, -0.2) is 31.2 Å². The van der Waals surface area contributed by atoms with Gasteiger partial charge in [0.2, 0.25) is 0 Å². The number of rotatable bonds is 9. The summed E-state index contributed by atoms with van der Waals surface area (Å²) in [5.41, 5.74) is 3.70. The van der Waals surface area contributed by atoms with Crippen LogP contribution in [0.1, 0.15) is 18.1 Å². The molecule has 0 bridgehead atoms. The number of carbonyl (C=O) groups excluding carboxylic acids is 2. The van der Waals surface area contributed by atoms with Gasteiger partial charge in [0.25, 0.3) is 0 Å². The molecule has 8 heteroatoms. The van der Waals surface area contributed by atoms with Crippen LogP contribution < -0.4 is 20.2 Å². The molecule has 0 aliphatic rings. The Morgan fingerprint density at radius 2 is 1.93 bits per heavy atom. The Bertz CT molecular complexity index is 885. The Morgan fingerprint density at radius 1 is 1.17 bits per heavy atom. The van der Waals surface area contributed by atoms with E-state index in [2.05, 4.69) is 22.4 Å². The molecule has 0 spiro atoms. The first-order valence-corrected chi connectivity index (χ1v) is 9.28. The Morgan fingerprint density at radius 3 is 2.62 bits per heavy atom. The summed E-state index contributed by atoms with van der Waals surface area (Å²) >= 11 is 6.36. The lowest BCUT2D eigenvalue weighted by Gasteiger charge is -2.14. The van der Waals surface area contributed by atoms with E-state index in [0.717, 1.165) is 5.56 Å². The van der Waals surface area contributed by atoms with E-state index in [1.165, 1.54) is 12.3 Å². The van der Waals surface area contributed by atoms with E-state index < -0.39 is 11.8 Å². The number of hydrogen-bond donors (Lipinski definition) is 2. The summed E-state index contributed by atoms with van der Waals surface area (Å²) in [5, 5.41) is 6.46. The fraction of sp³-hybridized carbons (Fsp3) is 0.190. The van der Waals surface area contributed by atoms with E-state index in [1.54, 1.807) is 12.1 Å². The first-order valence-electron chi connectivity index (χ1n) is 8.90. The fourth-order valence-electron chi connectivity index (χ4n) is 2.26. The first-order chi connectivity index (χ1) is 14.0. The Labute approximate surface area is 174 Å². The van der Waals surface area contributed by atoms with Crippen molar-refractivity contribution in [2.45, 2.75) is 13.5 Å². The summed E-state index contributed by atoms with van der Waals surface area (Å²) in [6.45, 7) is 6.24. The van der Waals surface area contributed by atoms with Gasteiger partial charge in [0, 0.05) is 6.54 Å². The Kier molecular flexibility index (Phi) is 8.72. The molecule has 0 heterocycles. The molecule has 0 saturated heterocycles. The van der Waals surface area contributed by atoms with E-state index >= 15 is 0 Å². The second-order valence-electron chi connectivity index (χ2n) is 5.74. The average Bonchev–Trinajstić information content (AvgIpc) is 2.72. The number of carbonyl (C=O) groups is 2. The topological polar surface area (TPSA) is 89.0 Å². The third-order valence-electron chi connectivity index (χ3n) is 3.55. The number of halogens is 1. The average molecular weight is 416 g/mol. The maximum absolute atomic E-state index is 11.6. The summed E-state index contributed by atoms with van der Waals surface area (Å²) < 4.78 is 11.5. The molecule has 0 saturated carbocycles. The number of nitrogens with zero attached hydrogens (tertiary/aromatic N) is 1. The Hall–Kier alpha value is -3.32. The van der Waals surface area contributed by atoms with Crippen molar-refractivity contribution >= 4 is 29.6 Å². The van der Waals surface area contributed by atoms with Crippen LogP contribution in [0.2, 0.25) is 5.02 Å². The predicted molar refractivity (Wildman–Crippen MR) is 112 cm³/mol. The maximum Gasteiger partial charge on any atom is 0.329 e. The highest BCUT2D eigenvalue weighted by Gasteiger charge is 2.13. The lowest BCUT2D eigenvalue weighted by Crippen LogP contribution is -2.37. The molecule has 2 aromatic rings. The van der Waals surface area contributed by atoms with Crippen molar-refractivity contribution in [3.63, 3.8) is 0 Å². The largest absolute Gasteiger partial charge is 0.490 e. The monoisotopic (exact) mass is 415 g/mol. The molecule has 0 aromatic heterocycles. The number of hydrazone groups is 1. The lowest BCUT2D eigenvalue weighted by molar-refractivity contribution is -0.139. The van der Waals surface area contributed by atoms with E-state index in [-0.39, 0.29) is 6.54 Å².